The SMILES string of the molecule is O=C(NCCN1CCNC1=O)[C@H](c1cccnc1)N1CCCC1. The molecule has 1 atom stereocenters. The van der Waals surface area contributed by atoms with Crippen molar-refractivity contribution >= 4 is 11.9 Å². The van der Waals surface area contributed by atoms with Crippen molar-refractivity contribution < 1.29 is 9.59 Å². The van der Waals surface area contributed by atoms with Crippen LogP contribution >= 0.6 is 0 Å². The van der Waals surface area contributed by atoms with E-state index in [9.17, 15) is 9.59 Å². The van der Waals surface area contributed by atoms with Gasteiger partial charge in [0, 0.05) is 38.6 Å². The van der Waals surface area contributed by atoms with E-state index in [-0.39, 0.29) is 18.0 Å². The van der Waals surface area contributed by atoms with Gasteiger partial charge in [0.05, 0.1) is 0 Å². The van der Waals surface area contributed by atoms with E-state index in [0.717, 1.165) is 31.5 Å². The fraction of sp³-hybridized carbons (Fsp3) is 0.562. The molecule has 0 aliphatic carbocycles. The lowest BCUT2D eigenvalue weighted by molar-refractivity contribution is -0.126. The minimum Gasteiger partial charge on any atom is -0.353 e. The molecule has 2 N–H and O–H groups in total. The number of carbonyl (C=O) groups excluding carboxylic acids is 2. The molecule has 1 aromatic heterocycles. The quantitative estimate of drug-likeness (QED) is 0.794. The fourth-order valence-electron chi connectivity index (χ4n) is 3.20. The molecule has 7 heteroatoms. The number of carbonyl (C=O) groups is 2. The second-order valence-electron chi connectivity index (χ2n) is 5.94. The van der Waals surface area contributed by atoms with Gasteiger partial charge in [-0.15, -0.1) is 0 Å². The molecule has 124 valence electrons. The van der Waals surface area contributed by atoms with Gasteiger partial charge in [-0.25, -0.2) is 4.79 Å². The van der Waals surface area contributed by atoms with Gasteiger partial charge in [-0.1, -0.05) is 6.07 Å². The van der Waals surface area contributed by atoms with Crippen molar-refractivity contribution in [2.24, 2.45) is 0 Å². The highest BCUT2D eigenvalue weighted by atomic mass is 16.2. The number of rotatable bonds is 6. The summed E-state index contributed by atoms with van der Waals surface area (Å²) in [6, 6.07) is 3.46. The summed E-state index contributed by atoms with van der Waals surface area (Å²) in [6.07, 6.45) is 5.72. The number of nitrogens with one attached hydrogen (secondary N) is 2. The van der Waals surface area contributed by atoms with Crippen LogP contribution in [0, 0.1) is 0 Å². The van der Waals surface area contributed by atoms with Crippen LogP contribution in [0.3, 0.4) is 0 Å². The van der Waals surface area contributed by atoms with Crippen molar-refractivity contribution in [2.75, 3.05) is 39.3 Å². The summed E-state index contributed by atoms with van der Waals surface area (Å²) in [4.78, 5) is 32.3. The van der Waals surface area contributed by atoms with Crippen molar-refractivity contribution in [2.45, 2.75) is 18.9 Å². The largest absolute Gasteiger partial charge is 0.353 e. The van der Waals surface area contributed by atoms with Crippen molar-refractivity contribution in [3.8, 4) is 0 Å². The zero-order chi connectivity index (χ0) is 16.1. The molecule has 23 heavy (non-hydrogen) atoms. The normalized spacial score (nSPS) is 19.7. The Morgan fingerprint density at radius 3 is 2.83 bits per heavy atom. The van der Waals surface area contributed by atoms with Crippen LogP contribution in [0.1, 0.15) is 24.4 Å². The van der Waals surface area contributed by atoms with E-state index >= 15 is 0 Å². The second-order valence-corrected chi connectivity index (χ2v) is 5.94. The third kappa shape index (κ3) is 3.79. The zero-order valence-corrected chi connectivity index (χ0v) is 13.2. The molecule has 1 aromatic rings. The molecule has 2 aliphatic rings. The molecule has 0 aromatic carbocycles. The van der Waals surface area contributed by atoms with Gasteiger partial charge in [0.1, 0.15) is 6.04 Å². The molecular formula is C16H23N5O2. The Bertz CT molecular complexity index is 545. The third-order valence-corrected chi connectivity index (χ3v) is 4.38. The topological polar surface area (TPSA) is 77.6 Å². The van der Waals surface area contributed by atoms with Gasteiger partial charge < -0.3 is 15.5 Å². The molecule has 0 saturated carbocycles. The molecule has 0 spiro atoms. The molecule has 3 heterocycles. The second kappa shape index (κ2) is 7.41. The number of aromatic nitrogens is 1. The highest BCUT2D eigenvalue weighted by Crippen LogP contribution is 2.24. The van der Waals surface area contributed by atoms with Crippen LogP contribution in [-0.4, -0.2) is 66.0 Å². The molecule has 7 nitrogen and oxygen atoms in total. The lowest BCUT2D eigenvalue weighted by Gasteiger charge is -2.27. The monoisotopic (exact) mass is 317 g/mol. The summed E-state index contributed by atoms with van der Waals surface area (Å²) in [7, 11) is 0. The number of pyridine rings is 1. The molecule has 3 amide bonds. The molecule has 2 saturated heterocycles. The maximum absolute atomic E-state index is 12.7. The van der Waals surface area contributed by atoms with E-state index in [1.165, 1.54) is 0 Å². The Hall–Kier alpha value is -2.15. The lowest BCUT2D eigenvalue weighted by Crippen LogP contribution is -2.42. The first-order valence-electron chi connectivity index (χ1n) is 8.20. The smallest absolute Gasteiger partial charge is 0.317 e. The van der Waals surface area contributed by atoms with E-state index in [1.807, 2.05) is 12.1 Å². The summed E-state index contributed by atoms with van der Waals surface area (Å²) in [5.74, 6) is -0.0143. The van der Waals surface area contributed by atoms with Gasteiger partial charge in [-0.2, -0.15) is 0 Å². The van der Waals surface area contributed by atoms with E-state index in [4.69, 9.17) is 0 Å². The Morgan fingerprint density at radius 1 is 1.35 bits per heavy atom. The van der Waals surface area contributed by atoms with Crippen LogP contribution in [0.4, 0.5) is 4.79 Å². The van der Waals surface area contributed by atoms with E-state index in [2.05, 4.69) is 20.5 Å². The van der Waals surface area contributed by atoms with Gasteiger partial charge in [0.15, 0.2) is 0 Å². The highest BCUT2D eigenvalue weighted by Gasteiger charge is 2.30. The predicted molar refractivity (Wildman–Crippen MR) is 85.8 cm³/mol. The summed E-state index contributed by atoms with van der Waals surface area (Å²) >= 11 is 0. The number of urea groups is 1. The fourth-order valence-corrected chi connectivity index (χ4v) is 3.20. The standard InChI is InChI=1S/C16H23N5O2/c22-15(18-6-10-21-11-7-19-16(21)23)14(20-8-1-2-9-20)13-4-3-5-17-12-13/h3-5,12,14H,1-2,6-11H2,(H,18,22)(H,19,23)/t14-/m0/s1. The average Bonchev–Trinajstić information content (AvgIpc) is 3.21. The van der Waals surface area contributed by atoms with Crippen LogP contribution in [-0.2, 0) is 4.79 Å². The van der Waals surface area contributed by atoms with E-state index in [1.54, 1.807) is 17.3 Å². The van der Waals surface area contributed by atoms with Gasteiger partial charge >= 0.3 is 6.03 Å². The molecule has 2 aliphatic heterocycles. The lowest BCUT2D eigenvalue weighted by atomic mass is 10.1. The van der Waals surface area contributed by atoms with Crippen LogP contribution in [0.2, 0.25) is 0 Å². The zero-order valence-electron chi connectivity index (χ0n) is 13.2. The Morgan fingerprint density at radius 2 is 2.17 bits per heavy atom. The predicted octanol–water partition coefficient (Wildman–Crippen LogP) is 0.360. The first kappa shape index (κ1) is 15.7. The summed E-state index contributed by atoms with van der Waals surface area (Å²) < 4.78 is 0. The van der Waals surface area contributed by atoms with Gasteiger partial charge in [0.25, 0.3) is 0 Å². The number of likely N-dealkylation sites (tertiary alicyclic amines) is 1. The molecular weight excluding hydrogens is 294 g/mol. The molecule has 0 radical (unpaired) electrons. The van der Waals surface area contributed by atoms with Crippen LogP contribution in [0.5, 0.6) is 0 Å². The number of nitrogens with zero attached hydrogens (tertiary/aromatic N) is 3. The van der Waals surface area contributed by atoms with Crippen molar-refractivity contribution in [3.05, 3.63) is 30.1 Å². The number of hydrogen-bond donors (Lipinski definition) is 2. The Kier molecular flexibility index (Phi) is 5.07. The average molecular weight is 317 g/mol. The van der Waals surface area contributed by atoms with Crippen LogP contribution < -0.4 is 10.6 Å². The van der Waals surface area contributed by atoms with Gasteiger partial charge in [-0.05, 0) is 37.6 Å². The maximum atomic E-state index is 12.7. The van der Waals surface area contributed by atoms with Crippen molar-refractivity contribution in [3.63, 3.8) is 0 Å². The Balaban J connectivity index is 1.60. The first-order valence-corrected chi connectivity index (χ1v) is 8.20. The number of amides is 3. The van der Waals surface area contributed by atoms with E-state index < -0.39 is 0 Å². The maximum Gasteiger partial charge on any atom is 0.317 e. The van der Waals surface area contributed by atoms with Crippen molar-refractivity contribution in [1.82, 2.24) is 25.4 Å². The van der Waals surface area contributed by atoms with Crippen LogP contribution in [0.25, 0.3) is 0 Å². The summed E-state index contributed by atoms with van der Waals surface area (Å²) in [5.41, 5.74) is 0.922. The summed E-state index contributed by atoms with van der Waals surface area (Å²) in [6.45, 7) is 4.25. The van der Waals surface area contributed by atoms with E-state index in [0.29, 0.717) is 26.2 Å². The summed E-state index contributed by atoms with van der Waals surface area (Å²) in [5, 5.41) is 5.73. The molecule has 0 bridgehead atoms. The molecule has 0 unspecified atom stereocenters. The first-order chi connectivity index (χ1) is 11.3. The van der Waals surface area contributed by atoms with Gasteiger partial charge in [-0.3, -0.25) is 14.7 Å². The highest BCUT2D eigenvalue weighted by molar-refractivity contribution is 5.83. The third-order valence-electron chi connectivity index (χ3n) is 4.38. The van der Waals surface area contributed by atoms with Crippen molar-refractivity contribution in [1.29, 1.82) is 0 Å². The van der Waals surface area contributed by atoms with Crippen LogP contribution in [0.15, 0.2) is 24.5 Å². The van der Waals surface area contributed by atoms with Gasteiger partial charge in [0.2, 0.25) is 5.91 Å². The minimum atomic E-state index is -0.293. The molecule has 2 fully saturated rings. The Labute approximate surface area is 136 Å². The molecule has 3 rings (SSSR count). The number of hydrogen-bond acceptors (Lipinski definition) is 4. The minimum absolute atomic E-state index is 0.0143.